The van der Waals surface area contributed by atoms with Crippen LogP contribution in [0.25, 0.3) is 0 Å². The van der Waals surface area contributed by atoms with Gasteiger partial charge in [0.2, 0.25) is 0 Å². The van der Waals surface area contributed by atoms with Crippen LogP contribution < -0.4 is 5.32 Å². The average Bonchev–Trinajstić information content (AvgIpc) is 2.66. The Morgan fingerprint density at radius 3 is 2.28 bits per heavy atom. The van der Waals surface area contributed by atoms with E-state index in [1.54, 1.807) is 11.8 Å². The third kappa shape index (κ3) is 3.60. The van der Waals surface area contributed by atoms with Gasteiger partial charge < -0.3 is 5.32 Å². The third-order valence-electron chi connectivity index (χ3n) is 5.57. The van der Waals surface area contributed by atoms with Crippen molar-refractivity contribution >= 4 is 17.7 Å². The van der Waals surface area contributed by atoms with Crippen LogP contribution in [0.3, 0.4) is 0 Å². The minimum Gasteiger partial charge on any atom is -0.347 e. The van der Waals surface area contributed by atoms with E-state index in [1.807, 2.05) is 42.5 Å². The lowest BCUT2D eigenvalue weighted by Crippen LogP contribution is -2.62. The molecule has 3 heterocycles. The van der Waals surface area contributed by atoms with E-state index in [2.05, 4.69) is 29.3 Å². The average molecular weight is 353 g/mol. The molecule has 3 aliphatic rings. The second-order valence-corrected chi connectivity index (χ2v) is 8.20. The summed E-state index contributed by atoms with van der Waals surface area (Å²) in [7, 11) is 0. The molecule has 0 aliphatic carbocycles. The van der Waals surface area contributed by atoms with Crippen molar-refractivity contribution in [2.45, 2.75) is 41.6 Å². The van der Waals surface area contributed by atoms with Crippen molar-refractivity contribution in [2.75, 3.05) is 13.1 Å². The molecule has 130 valence electrons. The summed E-state index contributed by atoms with van der Waals surface area (Å²) in [5.41, 5.74) is 0.751. The Kier molecular flexibility index (Phi) is 4.82. The molecular weight excluding hydrogens is 328 g/mol. The van der Waals surface area contributed by atoms with Gasteiger partial charge in [-0.15, -0.1) is 0 Å². The van der Waals surface area contributed by atoms with E-state index in [0.717, 1.165) is 10.5 Å². The maximum absolute atomic E-state index is 12.7. The summed E-state index contributed by atoms with van der Waals surface area (Å²) in [6, 6.07) is 19.0. The molecule has 25 heavy (non-hydrogen) atoms. The molecule has 3 saturated heterocycles. The molecular formula is C21H24N2OS. The number of rotatable bonds is 4. The second kappa shape index (κ2) is 7.22. The number of fused-ring (bicyclic) bond motifs is 3. The van der Waals surface area contributed by atoms with Crippen LogP contribution in [0.5, 0.6) is 0 Å². The maximum Gasteiger partial charge on any atom is 0.251 e. The van der Waals surface area contributed by atoms with Crippen molar-refractivity contribution < 1.29 is 4.79 Å². The Bertz CT molecular complexity index is 721. The van der Waals surface area contributed by atoms with Crippen molar-refractivity contribution in [3.05, 3.63) is 60.2 Å². The minimum atomic E-state index is 0.0573. The quantitative estimate of drug-likeness (QED) is 0.901. The van der Waals surface area contributed by atoms with E-state index in [0.29, 0.717) is 12.0 Å². The van der Waals surface area contributed by atoms with Gasteiger partial charge in [-0.25, -0.2) is 0 Å². The van der Waals surface area contributed by atoms with Crippen LogP contribution in [0.2, 0.25) is 0 Å². The van der Waals surface area contributed by atoms with Gasteiger partial charge in [-0.3, -0.25) is 9.69 Å². The molecule has 0 saturated carbocycles. The maximum atomic E-state index is 12.7. The van der Waals surface area contributed by atoms with Gasteiger partial charge >= 0.3 is 0 Å². The number of hydrogen-bond acceptors (Lipinski definition) is 3. The Labute approximate surface area is 153 Å². The van der Waals surface area contributed by atoms with Crippen molar-refractivity contribution in [1.29, 1.82) is 0 Å². The fraction of sp³-hybridized carbons (Fsp3) is 0.381. The fourth-order valence-corrected chi connectivity index (χ4v) is 4.92. The Morgan fingerprint density at radius 1 is 1.00 bits per heavy atom. The minimum absolute atomic E-state index is 0.0573. The fourth-order valence-electron chi connectivity index (χ4n) is 4.08. The summed E-state index contributed by atoms with van der Waals surface area (Å²) in [5, 5.41) is 3.30. The Morgan fingerprint density at radius 2 is 1.64 bits per heavy atom. The third-order valence-corrected chi connectivity index (χ3v) is 6.59. The Balaban J connectivity index is 1.41. The predicted octanol–water partition coefficient (Wildman–Crippen LogP) is 4.05. The second-order valence-electron chi connectivity index (χ2n) is 7.05. The molecule has 0 radical (unpaired) electrons. The molecule has 1 unspecified atom stereocenters. The van der Waals surface area contributed by atoms with E-state index in [-0.39, 0.29) is 11.9 Å². The zero-order valence-corrected chi connectivity index (χ0v) is 15.3. The summed E-state index contributed by atoms with van der Waals surface area (Å²) in [4.78, 5) is 17.5. The van der Waals surface area contributed by atoms with Crippen molar-refractivity contribution in [2.24, 2.45) is 5.92 Å². The first kappa shape index (κ1) is 16.7. The van der Waals surface area contributed by atoms with Crippen LogP contribution in [0.15, 0.2) is 64.4 Å². The van der Waals surface area contributed by atoms with Gasteiger partial charge in [0.1, 0.15) is 0 Å². The van der Waals surface area contributed by atoms with E-state index in [9.17, 15) is 4.79 Å². The zero-order valence-electron chi connectivity index (χ0n) is 14.5. The molecule has 5 rings (SSSR count). The zero-order chi connectivity index (χ0) is 17.2. The van der Waals surface area contributed by atoms with E-state index in [1.165, 1.54) is 30.8 Å². The van der Waals surface area contributed by atoms with Gasteiger partial charge in [0.05, 0.1) is 0 Å². The molecule has 2 aromatic carbocycles. The summed E-state index contributed by atoms with van der Waals surface area (Å²) < 4.78 is 0. The summed E-state index contributed by atoms with van der Waals surface area (Å²) >= 11 is 1.72. The smallest absolute Gasteiger partial charge is 0.251 e. The lowest BCUT2D eigenvalue weighted by Gasteiger charge is -2.49. The summed E-state index contributed by atoms with van der Waals surface area (Å²) in [6.45, 7) is 4.61. The normalized spacial score (nSPS) is 27.9. The highest BCUT2D eigenvalue weighted by Crippen LogP contribution is 2.32. The molecule has 3 nitrogen and oxygen atoms in total. The highest BCUT2D eigenvalue weighted by atomic mass is 32.2. The number of piperidine rings is 3. The van der Waals surface area contributed by atoms with Gasteiger partial charge in [0.15, 0.2) is 0 Å². The number of amides is 1. The lowest BCUT2D eigenvalue weighted by molar-refractivity contribution is 0.0217. The highest BCUT2D eigenvalue weighted by Gasteiger charge is 2.40. The number of nitrogens with one attached hydrogen (secondary N) is 1. The molecule has 1 N–H and O–H groups in total. The largest absolute Gasteiger partial charge is 0.347 e. The number of nitrogens with zero attached hydrogens (tertiary/aromatic N) is 1. The molecule has 3 aliphatic heterocycles. The van der Waals surface area contributed by atoms with E-state index in [4.69, 9.17) is 0 Å². The highest BCUT2D eigenvalue weighted by molar-refractivity contribution is 7.99. The number of carbonyl (C=O) groups is 1. The molecule has 3 fully saturated rings. The Hall–Kier alpha value is -1.78. The number of hydrogen-bond donors (Lipinski definition) is 1. The molecule has 2 atom stereocenters. The van der Waals surface area contributed by atoms with Crippen molar-refractivity contribution in [3.63, 3.8) is 0 Å². The van der Waals surface area contributed by atoms with Crippen molar-refractivity contribution in [3.8, 4) is 0 Å². The van der Waals surface area contributed by atoms with Gasteiger partial charge in [-0.1, -0.05) is 30.0 Å². The molecule has 0 spiro atoms. The first-order chi connectivity index (χ1) is 12.2. The lowest BCUT2D eigenvalue weighted by atomic mass is 9.79. The standard InChI is InChI=1S/C21H24N2OS/c1-15-20(16-11-13-23(15)14-12-16)22-21(24)17-7-9-19(10-8-17)25-18-5-3-2-4-6-18/h2-10,15-16,20H,11-14H2,1H3,(H,22,24)/t15?,20-/m0/s1. The molecule has 1 amide bonds. The first-order valence-electron chi connectivity index (χ1n) is 9.08. The summed E-state index contributed by atoms with van der Waals surface area (Å²) in [6.07, 6.45) is 2.42. The van der Waals surface area contributed by atoms with E-state index < -0.39 is 0 Å². The molecule has 2 bridgehead atoms. The molecule has 0 aromatic heterocycles. The van der Waals surface area contributed by atoms with Gasteiger partial charge in [0.25, 0.3) is 5.91 Å². The van der Waals surface area contributed by atoms with Crippen LogP contribution in [-0.2, 0) is 0 Å². The van der Waals surface area contributed by atoms with Crippen LogP contribution in [0.1, 0.15) is 30.1 Å². The first-order valence-corrected chi connectivity index (χ1v) is 9.90. The van der Waals surface area contributed by atoms with Crippen LogP contribution in [0.4, 0.5) is 0 Å². The number of carbonyl (C=O) groups excluding carboxylic acids is 1. The van der Waals surface area contributed by atoms with Gasteiger partial charge in [-0.05, 0) is 75.2 Å². The van der Waals surface area contributed by atoms with Crippen LogP contribution >= 0.6 is 11.8 Å². The number of benzene rings is 2. The van der Waals surface area contributed by atoms with Gasteiger partial charge in [0, 0.05) is 27.4 Å². The SMILES string of the molecule is CC1[C@H](NC(=O)c2ccc(Sc3ccccc3)cc2)C2CCN1CC2. The topological polar surface area (TPSA) is 32.3 Å². The van der Waals surface area contributed by atoms with E-state index >= 15 is 0 Å². The molecule has 4 heteroatoms. The summed E-state index contributed by atoms with van der Waals surface area (Å²) in [5.74, 6) is 0.693. The van der Waals surface area contributed by atoms with Crippen molar-refractivity contribution in [1.82, 2.24) is 10.2 Å². The molecule has 2 aromatic rings. The van der Waals surface area contributed by atoms with Crippen LogP contribution in [0, 0.1) is 5.92 Å². The van der Waals surface area contributed by atoms with Gasteiger partial charge in [-0.2, -0.15) is 0 Å². The van der Waals surface area contributed by atoms with Crippen LogP contribution in [-0.4, -0.2) is 36.0 Å². The predicted molar refractivity (Wildman–Crippen MR) is 102 cm³/mol. The monoisotopic (exact) mass is 352 g/mol.